The first kappa shape index (κ1) is 16.4. The number of aromatic carboxylic acids is 2. The number of ketones is 1. The summed E-state index contributed by atoms with van der Waals surface area (Å²) in [7, 11) is 0. The molecule has 0 aliphatic rings. The van der Waals surface area contributed by atoms with Crippen molar-refractivity contribution in [3.63, 3.8) is 0 Å². The van der Waals surface area contributed by atoms with E-state index in [0.29, 0.717) is 0 Å². The van der Waals surface area contributed by atoms with Crippen LogP contribution in [0.5, 0.6) is 0 Å². The molecule has 0 bridgehead atoms. The molecule has 24 heavy (non-hydrogen) atoms. The average molecular weight is 320 g/mol. The van der Waals surface area contributed by atoms with E-state index in [1.54, 1.807) is 12.1 Å². The van der Waals surface area contributed by atoms with E-state index >= 15 is 0 Å². The van der Waals surface area contributed by atoms with E-state index in [9.17, 15) is 24.6 Å². The number of nitriles is 2. The van der Waals surface area contributed by atoms with E-state index in [-0.39, 0.29) is 11.1 Å². The third kappa shape index (κ3) is 2.70. The zero-order valence-corrected chi connectivity index (χ0v) is 12.0. The van der Waals surface area contributed by atoms with Gasteiger partial charge in [0.1, 0.15) is 0 Å². The lowest BCUT2D eigenvalue weighted by molar-refractivity contribution is 0.0686. The molecular weight excluding hydrogens is 312 g/mol. The Balaban J connectivity index is 2.86. The monoisotopic (exact) mass is 320 g/mol. The van der Waals surface area contributed by atoms with Crippen LogP contribution in [0.15, 0.2) is 36.4 Å². The summed E-state index contributed by atoms with van der Waals surface area (Å²) in [6, 6.07) is 10.8. The molecule has 0 amide bonds. The Labute approximate surface area is 135 Å². The fourth-order valence-electron chi connectivity index (χ4n) is 2.26. The van der Waals surface area contributed by atoms with E-state index in [4.69, 9.17) is 10.5 Å². The van der Waals surface area contributed by atoms with Crippen LogP contribution in [0.25, 0.3) is 0 Å². The number of hydrogen-bond acceptors (Lipinski definition) is 5. The number of benzene rings is 2. The zero-order chi connectivity index (χ0) is 17.9. The molecule has 2 rings (SSSR count). The van der Waals surface area contributed by atoms with Crippen molar-refractivity contribution in [2.45, 2.75) is 0 Å². The van der Waals surface area contributed by atoms with Gasteiger partial charge in [-0.15, -0.1) is 0 Å². The summed E-state index contributed by atoms with van der Waals surface area (Å²) < 4.78 is 0. The lowest BCUT2D eigenvalue weighted by Gasteiger charge is -2.11. The van der Waals surface area contributed by atoms with E-state index in [1.165, 1.54) is 24.3 Å². The minimum atomic E-state index is -1.44. The van der Waals surface area contributed by atoms with Gasteiger partial charge in [-0.3, -0.25) is 4.79 Å². The Morgan fingerprint density at radius 3 is 1.42 bits per heavy atom. The summed E-state index contributed by atoms with van der Waals surface area (Å²) in [6.45, 7) is 0. The van der Waals surface area contributed by atoms with Gasteiger partial charge in [0.2, 0.25) is 0 Å². The van der Waals surface area contributed by atoms with Crippen molar-refractivity contribution in [2.75, 3.05) is 0 Å². The van der Waals surface area contributed by atoms with Crippen LogP contribution in [0.2, 0.25) is 0 Å². The second-order valence-corrected chi connectivity index (χ2v) is 4.62. The highest BCUT2D eigenvalue weighted by molar-refractivity contribution is 6.20. The summed E-state index contributed by atoms with van der Waals surface area (Å²) in [5, 5.41) is 36.8. The number of nitrogens with zero attached hydrogens (tertiary/aromatic N) is 2. The number of carbonyl (C=O) groups excluding carboxylic acids is 1. The first-order chi connectivity index (χ1) is 11.4. The average Bonchev–Trinajstić information content (AvgIpc) is 2.59. The fraction of sp³-hybridized carbons (Fsp3) is 0. The van der Waals surface area contributed by atoms with Gasteiger partial charge in [0, 0.05) is 0 Å². The van der Waals surface area contributed by atoms with E-state index in [1.807, 2.05) is 0 Å². The topological polar surface area (TPSA) is 139 Å². The summed E-state index contributed by atoms with van der Waals surface area (Å²) >= 11 is 0. The van der Waals surface area contributed by atoms with Crippen LogP contribution in [-0.2, 0) is 0 Å². The quantitative estimate of drug-likeness (QED) is 0.821. The van der Waals surface area contributed by atoms with Crippen LogP contribution in [0.3, 0.4) is 0 Å². The van der Waals surface area contributed by atoms with Gasteiger partial charge in [0.05, 0.1) is 45.5 Å². The van der Waals surface area contributed by atoms with Crippen LogP contribution in [0.4, 0.5) is 0 Å². The normalized spacial score (nSPS) is 9.58. The Morgan fingerprint density at radius 1 is 0.750 bits per heavy atom. The third-order valence-electron chi connectivity index (χ3n) is 3.28. The minimum absolute atomic E-state index is 0.219. The second-order valence-electron chi connectivity index (χ2n) is 4.62. The minimum Gasteiger partial charge on any atom is -0.478 e. The molecule has 0 spiro atoms. The van der Waals surface area contributed by atoms with Gasteiger partial charge in [-0.25, -0.2) is 9.59 Å². The highest BCUT2D eigenvalue weighted by Gasteiger charge is 2.27. The van der Waals surface area contributed by atoms with Gasteiger partial charge in [-0.1, -0.05) is 12.1 Å². The Hall–Kier alpha value is -3.97. The molecule has 0 saturated carbocycles. The summed E-state index contributed by atoms with van der Waals surface area (Å²) in [5.74, 6) is -3.89. The van der Waals surface area contributed by atoms with Crippen LogP contribution < -0.4 is 0 Å². The zero-order valence-electron chi connectivity index (χ0n) is 12.0. The Kier molecular flexibility index (Phi) is 4.39. The summed E-state index contributed by atoms with van der Waals surface area (Å²) in [6.07, 6.45) is 0. The largest absolute Gasteiger partial charge is 0.478 e. The van der Waals surface area contributed by atoms with Crippen molar-refractivity contribution in [1.29, 1.82) is 10.5 Å². The maximum absolute atomic E-state index is 12.8. The maximum Gasteiger partial charge on any atom is 0.336 e. The van der Waals surface area contributed by atoms with Crippen LogP contribution >= 0.6 is 0 Å². The predicted octanol–water partition coefficient (Wildman–Crippen LogP) is 2.06. The van der Waals surface area contributed by atoms with Crippen molar-refractivity contribution in [1.82, 2.24) is 0 Å². The van der Waals surface area contributed by atoms with Crippen molar-refractivity contribution >= 4 is 17.7 Å². The van der Waals surface area contributed by atoms with Crippen molar-refractivity contribution in [3.8, 4) is 12.1 Å². The third-order valence-corrected chi connectivity index (χ3v) is 3.28. The molecule has 0 aliphatic heterocycles. The smallest absolute Gasteiger partial charge is 0.336 e. The molecule has 2 aromatic carbocycles. The van der Waals surface area contributed by atoms with Crippen LogP contribution in [-0.4, -0.2) is 27.9 Å². The molecule has 2 aromatic rings. The van der Waals surface area contributed by atoms with E-state index < -0.39 is 40.0 Å². The number of hydrogen-bond donors (Lipinski definition) is 2. The number of rotatable bonds is 4. The number of carbonyl (C=O) groups is 3. The molecule has 0 radical (unpaired) electrons. The van der Waals surface area contributed by atoms with Crippen molar-refractivity contribution < 1.29 is 24.6 Å². The highest BCUT2D eigenvalue weighted by atomic mass is 16.4. The Morgan fingerprint density at radius 2 is 1.12 bits per heavy atom. The van der Waals surface area contributed by atoms with Gasteiger partial charge in [-0.05, 0) is 24.3 Å². The molecule has 2 N–H and O–H groups in total. The molecule has 0 unspecified atom stereocenters. The first-order valence-electron chi connectivity index (χ1n) is 6.49. The van der Waals surface area contributed by atoms with E-state index in [0.717, 1.165) is 12.1 Å². The SMILES string of the molecule is N#Cc1cccc(C(=O)O)c1C(=O)c1c(C#N)cccc1C(=O)O. The summed E-state index contributed by atoms with van der Waals surface area (Å²) in [4.78, 5) is 35.5. The lowest BCUT2D eigenvalue weighted by Crippen LogP contribution is -2.17. The first-order valence-corrected chi connectivity index (χ1v) is 6.49. The maximum atomic E-state index is 12.8. The molecule has 7 heteroatoms. The fourth-order valence-corrected chi connectivity index (χ4v) is 2.26. The molecule has 0 aromatic heterocycles. The number of carboxylic acids is 2. The second kappa shape index (κ2) is 6.42. The molecule has 0 aliphatic carbocycles. The molecule has 0 heterocycles. The highest BCUT2D eigenvalue weighted by Crippen LogP contribution is 2.24. The van der Waals surface area contributed by atoms with Crippen LogP contribution in [0, 0.1) is 22.7 Å². The molecule has 0 atom stereocenters. The molecule has 116 valence electrons. The van der Waals surface area contributed by atoms with Gasteiger partial charge in [-0.2, -0.15) is 10.5 Å². The van der Waals surface area contributed by atoms with Crippen molar-refractivity contribution in [2.24, 2.45) is 0 Å². The predicted molar refractivity (Wildman–Crippen MR) is 79.7 cm³/mol. The Bertz CT molecular complexity index is 886. The standard InChI is InChI=1S/C17H8N2O5/c18-7-9-3-1-5-11(16(21)22)13(9)15(20)14-10(8-19)4-2-6-12(14)17(23)24/h1-6H,(H,21,22)(H,23,24). The van der Waals surface area contributed by atoms with Gasteiger partial charge >= 0.3 is 11.9 Å². The van der Waals surface area contributed by atoms with Crippen LogP contribution in [0.1, 0.15) is 47.8 Å². The van der Waals surface area contributed by atoms with Crippen molar-refractivity contribution in [3.05, 3.63) is 69.8 Å². The van der Waals surface area contributed by atoms with Gasteiger partial charge < -0.3 is 10.2 Å². The molecule has 0 saturated heterocycles. The van der Waals surface area contributed by atoms with Gasteiger partial charge in [0.15, 0.2) is 5.78 Å². The molecule has 0 fully saturated rings. The summed E-state index contributed by atoms with van der Waals surface area (Å²) in [5.41, 5.74) is -2.21. The van der Waals surface area contributed by atoms with Gasteiger partial charge in [0.25, 0.3) is 0 Å². The van der Waals surface area contributed by atoms with E-state index in [2.05, 4.69) is 0 Å². The molecule has 7 nitrogen and oxygen atoms in total. The lowest BCUT2D eigenvalue weighted by atomic mass is 9.89. The number of carboxylic acid groups (broad SMARTS) is 2. The molecular formula is C17H8N2O5.